The van der Waals surface area contributed by atoms with Gasteiger partial charge in [0.2, 0.25) is 27.7 Å². The Labute approximate surface area is 254 Å². The van der Waals surface area contributed by atoms with Gasteiger partial charge in [-0.25, -0.2) is 12.7 Å². The van der Waals surface area contributed by atoms with Gasteiger partial charge in [0.15, 0.2) is 5.76 Å². The lowest BCUT2D eigenvalue weighted by Gasteiger charge is -2.37. The van der Waals surface area contributed by atoms with Crippen LogP contribution in [0.2, 0.25) is 25.7 Å². The van der Waals surface area contributed by atoms with Gasteiger partial charge >= 0.3 is 0 Å². The molecule has 2 aromatic heterocycles. The molecule has 0 bridgehead atoms. The maximum Gasteiger partial charge on any atom is 0.246 e. The van der Waals surface area contributed by atoms with Crippen molar-refractivity contribution in [2.75, 3.05) is 38.2 Å². The Morgan fingerprint density at radius 2 is 1.81 bits per heavy atom. The van der Waals surface area contributed by atoms with Crippen molar-refractivity contribution >= 4 is 30.0 Å². The average Bonchev–Trinajstić information content (AvgIpc) is 3.58. The van der Waals surface area contributed by atoms with Crippen LogP contribution in [0.3, 0.4) is 0 Å². The summed E-state index contributed by atoms with van der Waals surface area (Å²) in [6.45, 7) is 9.81. The van der Waals surface area contributed by atoms with E-state index < -0.39 is 29.4 Å². The van der Waals surface area contributed by atoms with Crippen LogP contribution in [0, 0.1) is 6.92 Å². The van der Waals surface area contributed by atoms with E-state index in [1.807, 2.05) is 6.92 Å². The SMILES string of the molecule is COc1cccc(OC)c1-n1c(-c2ccc(C)o2)nnc1N(CC[Si](C)(C)C)S(=O)(=O)[C@H](C)CN1C(=O)CCC[C@H]1CO. The number of methoxy groups -OCH3 is 2. The van der Waals surface area contributed by atoms with Crippen LogP contribution in [-0.2, 0) is 14.8 Å². The van der Waals surface area contributed by atoms with Gasteiger partial charge in [-0.1, -0.05) is 25.7 Å². The zero-order valence-electron chi connectivity index (χ0n) is 26.0. The topological polar surface area (TPSA) is 140 Å². The fraction of sp³-hybridized carbons (Fsp3) is 0.552. The molecule has 1 N–H and O–H groups in total. The van der Waals surface area contributed by atoms with Crippen LogP contribution in [0.1, 0.15) is 31.9 Å². The van der Waals surface area contributed by atoms with Crippen molar-refractivity contribution in [1.82, 2.24) is 19.7 Å². The van der Waals surface area contributed by atoms with Gasteiger partial charge in [0.05, 0.1) is 32.1 Å². The van der Waals surface area contributed by atoms with Gasteiger partial charge in [0.1, 0.15) is 22.9 Å². The number of carbonyl (C=O) groups excluding carboxylic acids is 1. The van der Waals surface area contributed by atoms with Crippen molar-refractivity contribution in [3.8, 4) is 28.8 Å². The lowest BCUT2D eigenvalue weighted by atomic mass is 10.0. The molecule has 0 unspecified atom stereocenters. The Kier molecular flexibility index (Phi) is 9.92. The summed E-state index contributed by atoms with van der Waals surface area (Å²) in [4.78, 5) is 14.3. The van der Waals surface area contributed by atoms with Crippen molar-refractivity contribution in [1.29, 1.82) is 0 Å². The number of piperidine rings is 1. The van der Waals surface area contributed by atoms with E-state index in [9.17, 15) is 18.3 Å². The van der Waals surface area contributed by atoms with Gasteiger partial charge in [-0.15, -0.1) is 10.2 Å². The minimum Gasteiger partial charge on any atom is -0.494 e. The molecule has 1 aliphatic rings. The Balaban J connectivity index is 1.91. The lowest BCUT2D eigenvalue weighted by Crippen LogP contribution is -2.52. The Bertz CT molecular complexity index is 1510. The molecule has 14 heteroatoms. The normalized spacial score (nSPS) is 16.8. The Morgan fingerprint density at radius 1 is 1.14 bits per heavy atom. The highest BCUT2D eigenvalue weighted by molar-refractivity contribution is 7.93. The molecule has 1 saturated heterocycles. The minimum absolute atomic E-state index is 0.0494. The molecule has 3 aromatic rings. The van der Waals surface area contributed by atoms with Crippen molar-refractivity contribution in [2.24, 2.45) is 0 Å². The van der Waals surface area contributed by atoms with Gasteiger partial charge in [-0.2, -0.15) is 0 Å². The second-order valence-corrected chi connectivity index (χ2v) is 20.0. The number of ether oxygens (including phenoxy) is 2. The number of para-hydroxylation sites is 1. The third-order valence-electron chi connectivity index (χ3n) is 7.69. The number of hydrogen-bond donors (Lipinski definition) is 1. The second kappa shape index (κ2) is 13.1. The largest absolute Gasteiger partial charge is 0.494 e. The zero-order valence-corrected chi connectivity index (χ0v) is 27.8. The van der Waals surface area contributed by atoms with Crippen LogP contribution in [0.5, 0.6) is 11.5 Å². The number of rotatable bonds is 13. The number of hydrogen-bond acceptors (Lipinski definition) is 9. The summed E-state index contributed by atoms with van der Waals surface area (Å²) < 4.78 is 49.3. The predicted octanol–water partition coefficient (Wildman–Crippen LogP) is 4.09. The first kappa shape index (κ1) is 32.5. The van der Waals surface area contributed by atoms with E-state index in [0.29, 0.717) is 54.0 Å². The number of furan rings is 1. The minimum atomic E-state index is -4.12. The summed E-state index contributed by atoms with van der Waals surface area (Å²) in [7, 11) is -2.83. The lowest BCUT2D eigenvalue weighted by molar-refractivity contribution is -0.137. The van der Waals surface area contributed by atoms with E-state index in [0.717, 1.165) is 0 Å². The molecule has 0 aliphatic carbocycles. The highest BCUT2D eigenvalue weighted by Crippen LogP contribution is 2.39. The third kappa shape index (κ3) is 6.91. The fourth-order valence-corrected chi connectivity index (χ4v) is 7.74. The number of anilines is 1. The van der Waals surface area contributed by atoms with E-state index in [1.165, 1.54) is 23.4 Å². The summed E-state index contributed by atoms with van der Waals surface area (Å²) in [5.74, 6) is 2.07. The summed E-state index contributed by atoms with van der Waals surface area (Å²) >= 11 is 0. The van der Waals surface area contributed by atoms with E-state index in [-0.39, 0.29) is 37.4 Å². The van der Waals surface area contributed by atoms with Gasteiger partial charge in [-0.3, -0.25) is 9.36 Å². The maximum atomic E-state index is 14.5. The molecule has 236 valence electrons. The Morgan fingerprint density at radius 3 is 2.37 bits per heavy atom. The standard InChI is InChI=1S/C29H43N5O7SSi/c1-20-14-15-25(41-20)28-30-31-29(34(28)27-23(39-3)11-9-12-24(27)40-4)33(16-17-43(5,6)7)42(37,38)21(2)18-32-22(19-35)10-8-13-26(32)36/h9,11-12,14-15,21-22,35H,8,10,13,16-19H2,1-7H3/t21-,22+/m1/s1. The molecule has 3 heterocycles. The number of amides is 1. The molecule has 2 atom stereocenters. The van der Waals surface area contributed by atoms with Crippen molar-refractivity contribution < 1.29 is 32.2 Å². The van der Waals surface area contributed by atoms with Gasteiger partial charge < -0.3 is 23.9 Å². The number of sulfonamides is 1. The molecule has 1 amide bonds. The molecule has 1 aromatic carbocycles. The maximum absolute atomic E-state index is 14.5. The smallest absolute Gasteiger partial charge is 0.246 e. The van der Waals surface area contributed by atoms with Crippen LogP contribution >= 0.6 is 0 Å². The fourth-order valence-electron chi connectivity index (χ4n) is 5.21. The Hall–Kier alpha value is -3.36. The second-order valence-electron chi connectivity index (χ2n) is 12.1. The van der Waals surface area contributed by atoms with E-state index in [1.54, 1.807) is 41.8 Å². The highest BCUT2D eigenvalue weighted by Gasteiger charge is 2.39. The molecule has 4 rings (SSSR count). The van der Waals surface area contributed by atoms with Crippen molar-refractivity contribution in [3.63, 3.8) is 0 Å². The molecular formula is C29H43N5O7SSi. The van der Waals surface area contributed by atoms with Gasteiger partial charge in [0.25, 0.3) is 0 Å². The molecule has 1 fully saturated rings. The molecular weight excluding hydrogens is 591 g/mol. The molecule has 0 spiro atoms. The first-order valence-corrected chi connectivity index (χ1v) is 19.7. The van der Waals surface area contributed by atoms with E-state index in [4.69, 9.17) is 13.9 Å². The van der Waals surface area contributed by atoms with Crippen LogP contribution in [-0.4, -0.2) is 92.4 Å². The molecule has 43 heavy (non-hydrogen) atoms. The summed E-state index contributed by atoms with van der Waals surface area (Å²) in [6, 6.07) is 9.05. The number of aliphatic hydroxyl groups excluding tert-OH is 1. The van der Waals surface area contributed by atoms with Crippen LogP contribution in [0.4, 0.5) is 5.95 Å². The van der Waals surface area contributed by atoms with Crippen LogP contribution in [0.15, 0.2) is 34.7 Å². The van der Waals surface area contributed by atoms with Crippen molar-refractivity contribution in [2.45, 2.75) is 70.1 Å². The quantitative estimate of drug-likeness (QED) is 0.276. The van der Waals surface area contributed by atoms with Gasteiger partial charge in [-0.05, 0) is 57.0 Å². The first-order valence-electron chi connectivity index (χ1n) is 14.5. The molecule has 1 aliphatic heterocycles. The number of aliphatic hydroxyl groups is 1. The number of aromatic nitrogens is 3. The van der Waals surface area contributed by atoms with Gasteiger partial charge in [0, 0.05) is 27.6 Å². The monoisotopic (exact) mass is 633 g/mol. The highest BCUT2D eigenvalue weighted by atomic mass is 32.2. The molecule has 0 saturated carbocycles. The van der Waals surface area contributed by atoms with E-state index >= 15 is 0 Å². The van der Waals surface area contributed by atoms with Crippen LogP contribution in [0.25, 0.3) is 17.3 Å². The number of benzene rings is 1. The summed E-state index contributed by atoms with van der Waals surface area (Å²) in [5.41, 5.74) is 0.420. The van der Waals surface area contributed by atoms with E-state index in [2.05, 4.69) is 29.8 Å². The number of carbonyl (C=O) groups is 1. The van der Waals surface area contributed by atoms with Crippen molar-refractivity contribution in [3.05, 3.63) is 36.1 Å². The summed E-state index contributed by atoms with van der Waals surface area (Å²) in [6.07, 6.45) is 1.63. The average molecular weight is 634 g/mol. The number of likely N-dealkylation sites (tertiary alicyclic amines) is 1. The number of aryl methyl sites for hydroxylation is 1. The molecule has 0 radical (unpaired) electrons. The summed E-state index contributed by atoms with van der Waals surface area (Å²) in [5, 5.41) is 17.8. The number of nitrogens with zero attached hydrogens (tertiary/aromatic N) is 5. The van der Waals surface area contributed by atoms with Crippen LogP contribution < -0.4 is 13.8 Å². The zero-order chi connectivity index (χ0) is 31.5. The first-order chi connectivity index (χ1) is 20.3. The predicted molar refractivity (Wildman–Crippen MR) is 167 cm³/mol. The third-order valence-corrected chi connectivity index (χ3v) is 11.5. The molecule has 12 nitrogen and oxygen atoms in total.